The van der Waals surface area contributed by atoms with Crippen molar-refractivity contribution in [2.24, 2.45) is 5.92 Å². The smallest absolute Gasteiger partial charge is 0.0751 e. The predicted octanol–water partition coefficient (Wildman–Crippen LogP) is 5.62. The summed E-state index contributed by atoms with van der Waals surface area (Å²) in [5.74, 6) is 0.922. The first kappa shape index (κ1) is 15.5. The molecule has 0 spiro atoms. The minimum atomic E-state index is 0.922. The van der Waals surface area contributed by atoms with Gasteiger partial charge in [-0.1, -0.05) is 71.3 Å². The molecule has 1 N–H and O–H groups in total. The summed E-state index contributed by atoms with van der Waals surface area (Å²) in [4.78, 5) is 0. The quantitative estimate of drug-likeness (QED) is 0.358. The number of hydrogen-bond donors (Lipinski definition) is 1. The van der Waals surface area contributed by atoms with Gasteiger partial charge >= 0.3 is 0 Å². The Bertz CT molecular complexity index is 152. The molecular weight excluding hydrogens is 196 g/mol. The van der Waals surface area contributed by atoms with Crippen LogP contribution in [-0.2, 0) is 0 Å². The molecule has 96 valence electrons. The monoisotopic (exact) mass is 226 g/mol. The molecule has 0 heterocycles. The van der Waals surface area contributed by atoms with Gasteiger partial charge in [0.15, 0.2) is 0 Å². The SMILES string of the molecule is CCC(C)CCCCCCCCCC=CO. The molecule has 0 radical (unpaired) electrons. The van der Waals surface area contributed by atoms with Crippen LogP contribution in [0, 0.1) is 5.92 Å². The van der Waals surface area contributed by atoms with Crippen molar-refractivity contribution in [1.82, 2.24) is 0 Å². The molecular formula is C15H30O. The minimum absolute atomic E-state index is 0.922. The predicted molar refractivity (Wildman–Crippen MR) is 72.8 cm³/mol. The van der Waals surface area contributed by atoms with E-state index in [-0.39, 0.29) is 0 Å². The molecule has 1 heteroatoms. The maximum Gasteiger partial charge on any atom is 0.0751 e. The van der Waals surface area contributed by atoms with E-state index in [4.69, 9.17) is 5.11 Å². The van der Waals surface area contributed by atoms with E-state index in [0.29, 0.717) is 0 Å². The fraction of sp³-hybridized carbons (Fsp3) is 0.867. The highest BCUT2D eigenvalue weighted by Gasteiger charge is 1.97. The zero-order valence-electron chi connectivity index (χ0n) is 11.3. The lowest BCUT2D eigenvalue weighted by Crippen LogP contribution is -1.91. The van der Waals surface area contributed by atoms with E-state index in [1.54, 1.807) is 0 Å². The van der Waals surface area contributed by atoms with Gasteiger partial charge in [-0.25, -0.2) is 0 Å². The van der Waals surface area contributed by atoms with Crippen LogP contribution in [0.4, 0.5) is 0 Å². The number of hydrogen-bond acceptors (Lipinski definition) is 1. The van der Waals surface area contributed by atoms with Gasteiger partial charge in [-0.3, -0.25) is 0 Å². The summed E-state index contributed by atoms with van der Waals surface area (Å²) in [6, 6.07) is 0. The lowest BCUT2D eigenvalue weighted by molar-refractivity contribution is 0.466. The highest BCUT2D eigenvalue weighted by molar-refractivity contribution is 4.70. The number of allylic oxidation sites excluding steroid dienone is 1. The van der Waals surface area contributed by atoms with Crippen molar-refractivity contribution >= 4 is 0 Å². The van der Waals surface area contributed by atoms with Gasteiger partial charge in [0, 0.05) is 0 Å². The van der Waals surface area contributed by atoms with E-state index in [9.17, 15) is 0 Å². The summed E-state index contributed by atoms with van der Waals surface area (Å²) in [5, 5.41) is 8.45. The summed E-state index contributed by atoms with van der Waals surface area (Å²) in [5.41, 5.74) is 0. The standard InChI is InChI=1S/C15H30O/c1-3-15(2)13-11-9-7-5-4-6-8-10-12-14-16/h12,14-16H,3-11,13H2,1-2H3. The first-order valence-electron chi connectivity index (χ1n) is 7.10. The Kier molecular flexibility index (Phi) is 12.2. The highest BCUT2D eigenvalue weighted by Crippen LogP contribution is 2.14. The van der Waals surface area contributed by atoms with E-state index in [1.165, 1.54) is 57.8 Å². The largest absolute Gasteiger partial charge is 0.516 e. The molecule has 0 fully saturated rings. The Morgan fingerprint density at radius 1 is 0.938 bits per heavy atom. The van der Waals surface area contributed by atoms with Crippen molar-refractivity contribution in [3.8, 4) is 0 Å². The molecule has 1 nitrogen and oxygen atoms in total. The van der Waals surface area contributed by atoms with Crippen molar-refractivity contribution in [3.63, 3.8) is 0 Å². The van der Waals surface area contributed by atoms with E-state index in [1.807, 2.05) is 6.08 Å². The van der Waals surface area contributed by atoms with Crippen molar-refractivity contribution < 1.29 is 5.11 Å². The van der Waals surface area contributed by atoms with Crippen LogP contribution in [0.1, 0.15) is 78.1 Å². The third kappa shape index (κ3) is 11.6. The summed E-state index contributed by atoms with van der Waals surface area (Å²) in [6.07, 6.45) is 16.3. The molecule has 0 aliphatic rings. The maximum absolute atomic E-state index is 8.45. The van der Waals surface area contributed by atoms with Gasteiger partial charge in [0.05, 0.1) is 6.26 Å². The fourth-order valence-corrected chi connectivity index (χ4v) is 1.92. The molecule has 1 unspecified atom stereocenters. The zero-order chi connectivity index (χ0) is 12.1. The van der Waals surface area contributed by atoms with Gasteiger partial charge in [0.2, 0.25) is 0 Å². The van der Waals surface area contributed by atoms with Crippen LogP contribution in [0.5, 0.6) is 0 Å². The van der Waals surface area contributed by atoms with Crippen LogP contribution in [0.25, 0.3) is 0 Å². The second-order valence-electron chi connectivity index (χ2n) is 4.95. The molecule has 16 heavy (non-hydrogen) atoms. The Morgan fingerprint density at radius 3 is 2.06 bits per heavy atom. The van der Waals surface area contributed by atoms with Crippen LogP contribution >= 0.6 is 0 Å². The lowest BCUT2D eigenvalue weighted by Gasteiger charge is -2.07. The number of unbranched alkanes of at least 4 members (excludes halogenated alkanes) is 7. The van der Waals surface area contributed by atoms with Crippen molar-refractivity contribution in [2.45, 2.75) is 78.1 Å². The second kappa shape index (κ2) is 12.6. The van der Waals surface area contributed by atoms with Gasteiger partial charge in [-0.15, -0.1) is 0 Å². The molecule has 0 aliphatic carbocycles. The molecule has 0 saturated heterocycles. The lowest BCUT2D eigenvalue weighted by atomic mass is 10.00. The molecule has 0 amide bonds. The van der Waals surface area contributed by atoms with Crippen LogP contribution in [0.3, 0.4) is 0 Å². The Labute approximate surface area is 102 Å². The van der Waals surface area contributed by atoms with Crippen molar-refractivity contribution in [1.29, 1.82) is 0 Å². The molecule has 0 aliphatic heterocycles. The fourth-order valence-electron chi connectivity index (χ4n) is 1.92. The third-order valence-corrected chi connectivity index (χ3v) is 3.37. The molecule has 1 atom stereocenters. The number of aliphatic hydroxyl groups is 1. The molecule has 0 bridgehead atoms. The molecule has 0 aromatic rings. The third-order valence-electron chi connectivity index (χ3n) is 3.37. The summed E-state index contributed by atoms with van der Waals surface area (Å²) >= 11 is 0. The summed E-state index contributed by atoms with van der Waals surface area (Å²) < 4.78 is 0. The van der Waals surface area contributed by atoms with Gasteiger partial charge in [0.25, 0.3) is 0 Å². The number of rotatable bonds is 11. The molecule has 0 rings (SSSR count). The summed E-state index contributed by atoms with van der Waals surface area (Å²) in [6.45, 7) is 4.64. The van der Waals surface area contributed by atoms with Crippen molar-refractivity contribution in [2.75, 3.05) is 0 Å². The van der Waals surface area contributed by atoms with Crippen molar-refractivity contribution in [3.05, 3.63) is 12.3 Å². The Hall–Kier alpha value is -0.460. The van der Waals surface area contributed by atoms with Crippen LogP contribution < -0.4 is 0 Å². The van der Waals surface area contributed by atoms with Crippen LogP contribution in [-0.4, -0.2) is 5.11 Å². The minimum Gasteiger partial charge on any atom is -0.516 e. The molecule has 0 saturated carbocycles. The van der Waals surface area contributed by atoms with E-state index in [0.717, 1.165) is 18.6 Å². The first-order valence-corrected chi connectivity index (χ1v) is 7.10. The Balaban J connectivity index is 2.98. The van der Waals surface area contributed by atoms with Crippen LogP contribution in [0.15, 0.2) is 12.3 Å². The van der Waals surface area contributed by atoms with Gasteiger partial charge in [0.1, 0.15) is 0 Å². The average molecular weight is 226 g/mol. The zero-order valence-corrected chi connectivity index (χ0v) is 11.3. The first-order chi connectivity index (χ1) is 7.81. The topological polar surface area (TPSA) is 20.2 Å². The van der Waals surface area contributed by atoms with Gasteiger partial charge < -0.3 is 5.11 Å². The average Bonchev–Trinajstić information content (AvgIpc) is 2.31. The summed E-state index contributed by atoms with van der Waals surface area (Å²) in [7, 11) is 0. The Morgan fingerprint density at radius 2 is 1.50 bits per heavy atom. The van der Waals surface area contributed by atoms with E-state index in [2.05, 4.69) is 13.8 Å². The maximum atomic E-state index is 8.45. The van der Waals surface area contributed by atoms with Crippen LogP contribution in [0.2, 0.25) is 0 Å². The number of aliphatic hydroxyl groups excluding tert-OH is 1. The van der Waals surface area contributed by atoms with E-state index >= 15 is 0 Å². The van der Waals surface area contributed by atoms with Gasteiger partial charge in [-0.05, 0) is 18.8 Å². The van der Waals surface area contributed by atoms with Gasteiger partial charge in [-0.2, -0.15) is 0 Å². The second-order valence-corrected chi connectivity index (χ2v) is 4.95. The highest BCUT2D eigenvalue weighted by atomic mass is 16.2. The van der Waals surface area contributed by atoms with E-state index < -0.39 is 0 Å². The molecule has 0 aromatic heterocycles. The molecule has 0 aromatic carbocycles. The normalized spacial score (nSPS) is 13.4.